The summed E-state index contributed by atoms with van der Waals surface area (Å²) in [7, 11) is 2.28. The van der Waals surface area contributed by atoms with E-state index in [-0.39, 0.29) is 0 Å². The summed E-state index contributed by atoms with van der Waals surface area (Å²) in [5.74, 6) is 0. The number of rotatable bonds is 6. The molecule has 1 aliphatic heterocycles. The van der Waals surface area contributed by atoms with Crippen LogP contribution in [-0.4, -0.2) is 7.28 Å². The maximum absolute atomic E-state index is 2.36. The predicted octanol–water partition coefficient (Wildman–Crippen LogP) is 9.79. The van der Waals surface area contributed by atoms with E-state index in [0.717, 1.165) is 17.1 Å². The molecule has 0 fully saturated rings. The second-order valence-corrected chi connectivity index (χ2v) is 11.2. The molecule has 0 atom stereocenters. The molecule has 0 saturated heterocycles. The fourth-order valence-corrected chi connectivity index (χ4v) is 6.25. The second kappa shape index (κ2) is 11.2. The molecule has 0 N–H and O–H groups in total. The second-order valence-electron chi connectivity index (χ2n) is 11.2. The third-order valence-electron chi connectivity index (χ3n) is 8.54. The van der Waals surface area contributed by atoms with Crippen molar-refractivity contribution in [3.63, 3.8) is 0 Å². The first-order valence-corrected chi connectivity index (χ1v) is 15.1. The summed E-state index contributed by atoms with van der Waals surface area (Å²) in [4.78, 5) is 2.36. The van der Waals surface area contributed by atoms with E-state index in [1.807, 2.05) is 0 Å². The third kappa shape index (κ3) is 4.91. The fourth-order valence-electron chi connectivity index (χ4n) is 6.25. The first-order valence-electron chi connectivity index (χ1n) is 15.1. The van der Waals surface area contributed by atoms with E-state index in [1.165, 1.54) is 55.4 Å². The molecule has 2 heteroatoms. The van der Waals surface area contributed by atoms with Gasteiger partial charge in [-0.3, -0.25) is 0 Å². The van der Waals surface area contributed by atoms with Gasteiger partial charge in [0.25, 0.3) is 0 Å². The van der Waals surface area contributed by atoms with Gasteiger partial charge in [-0.25, -0.2) is 0 Å². The monoisotopic (exact) mass is 558 g/mol. The van der Waals surface area contributed by atoms with Gasteiger partial charge >= 0.3 is 0 Å². The van der Waals surface area contributed by atoms with Crippen molar-refractivity contribution in [2.45, 2.75) is 0 Å². The molecule has 0 spiro atoms. The van der Waals surface area contributed by atoms with Crippen LogP contribution in [0, 0.1) is 0 Å². The van der Waals surface area contributed by atoms with Crippen molar-refractivity contribution in [2.24, 2.45) is 0 Å². The van der Waals surface area contributed by atoms with Crippen molar-refractivity contribution in [1.82, 2.24) is 0 Å². The highest BCUT2D eigenvalue weighted by Crippen LogP contribution is 2.38. The normalized spacial score (nSPS) is 11.4. The van der Waals surface area contributed by atoms with Crippen LogP contribution in [0.4, 0.5) is 17.1 Å². The predicted molar refractivity (Wildman–Crippen MR) is 188 cm³/mol. The molecular weight excluding hydrogens is 529 g/mol. The minimum Gasteiger partial charge on any atom is -0.310 e. The maximum atomic E-state index is 2.36. The van der Waals surface area contributed by atoms with Gasteiger partial charge in [0.2, 0.25) is 0 Å². The molecule has 1 nitrogen and oxygen atoms in total. The summed E-state index contributed by atoms with van der Waals surface area (Å²) in [6, 6.07) is 63.2. The van der Waals surface area contributed by atoms with Gasteiger partial charge in [-0.2, -0.15) is 0 Å². The van der Waals surface area contributed by atoms with Crippen LogP contribution in [0.1, 0.15) is 0 Å². The molecule has 0 aliphatic carbocycles. The van der Waals surface area contributed by atoms with Gasteiger partial charge < -0.3 is 4.90 Å². The molecule has 7 aromatic rings. The summed E-state index contributed by atoms with van der Waals surface area (Å²) < 4.78 is 0. The van der Waals surface area contributed by atoms with Gasteiger partial charge in [0.05, 0.1) is 0 Å². The van der Waals surface area contributed by atoms with Gasteiger partial charge in [-0.05, 0) is 80.9 Å². The Morgan fingerprint density at radius 2 is 0.682 bits per heavy atom. The molecule has 0 amide bonds. The Balaban J connectivity index is 1.17. The number of hydrogen-bond acceptors (Lipinski definition) is 1. The van der Waals surface area contributed by atoms with Gasteiger partial charge in [0, 0.05) is 17.1 Å². The molecular formula is C42H29BN. The van der Waals surface area contributed by atoms with Gasteiger partial charge in [0.15, 0.2) is 7.28 Å². The molecule has 0 aromatic heterocycles. The van der Waals surface area contributed by atoms with Crippen LogP contribution < -0.4 is 15.8 Å². The van der Waals surface area contributed by atoms with Crippen molar-refractivity contribution in [2.75, 3.05) is 4.90 Å². The maximum Gasteiger partial charge on any atom is 0.193 e. The Bertz CT molecular complexity index is 2050. The van der Waals surface area contributed by atoms with E-state index in [1.54, 1.807) is 0 Å². The van der Waals surface area contributed by atoms with Crippen molar-refractivity contribution in [3.8, 4) is 44.5 Å². The third-order valence-corrected chi connectivity index (χ3v) is 8.54. The van der Waals surface area contributed by atoms with Crippen molar-refractivity contribution >= 4 is 35.3 Å². The summed E-state index contributed by atoms with van der Waals surface area (Å²) in [5.41, 5.74) is 15.8. The lowest BCUT2D eigenvalue weighted by Crippen LogP contribution is -2.20. The van der Waals surface area contributed by atoms with E-state index in [2.05, 4.69) is 188 Å². The van der Waals surface area contributed by atoms with Crippen LogP contribution in [-0.2, 0) is 0 Å². The average molecular weight is 559 g/mol. The van der Waals surface area contributed by atoms with Crippen molar-refractivity contribution in [3.05, 3.63) is 176 Å². The molecule has 0 saturated carbocycles. The largest absolute Gasteiger partial charge is 0.310 e. The van der Waals surface area contributed by atoms with Crippen LogP contribution in [0.5, 0.6) is 0 Å². The summed E-state index contributed by atoms with van der Waals surface area (Å²) in [6.07, 6.45) is 0. The highest BCUT2D eigenvalue weighted by atomic mass is 15.1. The van der Waals surface area contributed by atoms with Gasteiger partial charge in [0.1, 0.15) is 0 Å². The Morgan fingerprint density at radius 3 is 1.20 bits per heavy atom. The molecule has 1 radical (unpaired) electrons. The number of nitrogens with zero attached hydrogens (tertiary/aromatic N) is 1. The molecule has 0 bridgehead atoms. The lowest BCUT2D eigenvalue weighted by atomic mass is 9.68. The summed E-state index contributed by atoms with van der Waals surface area (Å²) >= 11 is 0. The zero-order valence-electron chi connectivity index (χ0n) is 24.3. The molecule has 205 valence electrons. The number of anilines is 3. The quantitative estimate of drug-likeness (QED) is 0.184. The minimum absolute atomic E-state index is 1.12. The van der Waals surface area contributed by atoms with E-state index >= 15 is 0 Å². The van der Waals surface area contributed by atoms with Gasteiger partial charge in [-0.15, -0.1) is 0 Å². The summed E-state index contributed by atoms with van der Waals surface area (Å²) in [5, 5.41) is 0. The van der Waals surface area contributed by atoms with E-state index in [9.17, 15) is 0 Å². The smallest absolute Gasteiger partial charge is 0.193 e. The highest BCUT2D eigenvalue weighted by Gasteiger charge is 2.21. The Morgan fingerprint density at radius 1 is 0.295 bits per heavy atom. The summed E-state index contributed by atoms with van der Waals surface area (Å²) in [6.45, 7) is 0. The molecule has 1 aliphatic rings. The number of benzene rings is 7. The Hall–Kier alpha value is -5.60. The van der Waals surface area contributed by atoms with Crippen LogP contribution >= 0.6 is 0 Å². The van der Waals surface area contributed by atoms with Crippen LogP contribution in [0.2, 0.25) is 0 Å². The van der Waals surface area contributed by atoms with Crippen LogP contribution in [0.3, 0.4) is 0 Å². The van der Waals surface area contributed by atoms with Crippen molar-refractivity contribution < 1.29 is 0 Å². The topological polar surface area (TPSA) is 3.24 Å². The molecule has 0 unspecified atom stereocenters. The fraction of sp³-hybridized carbons (Fsp3) is 0. The first-order chi connectivity index (χ1) is 21.8. The zero-order chi connectivity index (χ0) is 29.3. The van der Waals surface area contributed by atoms with Crippen LogP contribution in [0.25, 0.3) is 44.5 Å². The van der Waals surface area contributed by atoms with E-state index in [0.29, 0.717) is 0 Å². The zero-order valence-corrected chi connectivity index (χ0v) is 24.3. The molecule has 44 heavy (non-hydrogen) atoms. The molecule has 8 rings (SSSR count). The Kier molecular flexibility index (Phi) is 6.66. The lowest BCUT2D eigenvalue weighted by molar-refractivity contribution is 1.29. The number of hydrogen-bond donors (Lipinski definition) is 0. The lowest BCUT2D eigenvalue weighted by Gasteiger charge is -2.26. The van der Waals surface area contributed by atoms with Crippen molar-refractivity contribution in [1.29, 1.82) is 0 Å². The molecule has 1 heterocycles. The SMILES string of the molecule is [B]1c2ccccc2-c2cc(N(c3ccc(-c4ccccc4)cc3)c3ccc(-c4ccc(-c5ccccc5)cc4)cc3)ccc21. The Labute approximate surface area is 260 Å². The first kappa shape index (κ1) is 26.1. The van der Waals surface area contributed by atoms with Gasteiger partial charge in [-0.1, -0.05) is 150 Å². The van der Waals surface area contributed by atoms with E-state index in [4.69, 9.17) is 0 Å². The van der Waals surface area contributed by atoms with Crippen LogP contribution in [0.15, 0.2) is 176 Å². The standard InChI is InChI=1S/C42H29BN/c1-3-9-30(10-4-1)32-15-17-33(18-16-32)35-21-25-37(26-22-35)44(36-23-19-34(20-24-36)31-11-5-2-6-12-31)38-27-28-42-40(29-38)39-13-7-8-14-41(39)43-42/h1-29H. The highest BCUT2D eigenvalue weighted by molar-refractivity contribution is 6.73. The van der Waals surface area contributed by atoms with E-state index < -0.39 is 0 Å². The minimum atomic E-state index is 1.12. The average Bonchev–Trinajstić information content (AvgIpc) is 3.48. The number of fused-ring (bicyclic) bond motifs is 3. The molecule has 7 aromatic carbocycles.